The van der Waals surface area contributed by atoms with Crippen LogP contribution >= 0.6 is 0 Å². The number of carboxylic acid groups (broad SMARTS) is 1. The van der Waals surface area contributed by atoms with Gasteiger partial charge in [0, 0.05) is 13.3 Å². The summed E-state index contributed by atoms with van der Waals surface area (Å²) in [5, 5.41) is 50.8. The Hall–Kier alpha value is -1.26. The molecule has 9 nitrogen and oxygen atoms in total. The largest absolute Gasteiger partial charge is 0.477 e. The molecule has 1 aliphatic rings. The van der Waals surface area contributed by atoms with E-state index in [4.69, 9.17) is 9.84 Å². The molecule has 0 aromatic rings. The highest BCUT2D eigenvalue weighted by molar-refractivity contribution is 5.76. The molecular weight excluding hydrogens is 286 g/mol. The normalized spacial score (nSPS) is 35.8. The first-order valence-corrected chi connectivity index (χ1v) is 6.57. The van der Waals surface area contributed by atoms with E-state index in [9.17, 15) is 30.0 Å². The monoisotopic (exact) mass is 307 g/mol. The first-order chi connectivity index (χ1) is 9.62. The summed E-state index contributed by atoms with van der Waals surface area (Å²) in [5.74, 6) is -4.97. The van der Waals surface area contributed by atoms with E-state index in [0.29, 0.717) is 0 Å². The molecule has 1 fully saturated rings. The summed E-state index contributed by atoms with van der Waals surface area (Å²) in [6, 6.07) is -1.15. The SMILES string of the molecule is CCC(O)[C@@H](O)[C@@H]1O[C@](O)(C(=O)O)C[C@H](O)[C@H]1NC(C)=O. The summed E-state index contributed by atoms with van der Waals surface area (Å²) >= 11 is 0. The highest BCUT2D eigenvalue weighted by Gasteiger charge is 2.53. The van der Waals surface area contributed by atoms with Gasteiger partial charge >= 0.3 is 5.97 Å². The van der Waals surface area contributed by atoms with Gasteiger partial charge in [-0.25, -0.2) is 4.79 Å². The van der Waals surface area contributed by atoms with E-state index in [1.807, 2.05) is 0 Å². The number of amides is 1. The van der Waals surface area contributed by atoms with Gasteiger partial charge in [0.05, 0.1) is 18.2 Å². The quantitative estimate of drug-likeness (QED) is 0.327. The highest BCUT2D eigenvalue weighted by Crippen LogP contribution is 2.30. The van der Waals surface area contributed by atoms with Crippen molar-refractivity contribution in [2.45, 2.75) is 62.9 Å². The molecule has 0 spiro atoms. The number of nitrogens with one attached hydrogen (secondary N) is 1. The Kier molecular flexibility index (Phi) is 5.65. The Morgan fingerprint density at radius 3 is 2.43 bits per heavy atom. The molecule has 1 unspecified atom stereocenters. The van der Waals surface area contributed by atoms with Gasteiger partial charge in [0.15, 0.2) is 0 Å². The Morgan fingerprint density at radius 1 is 1.43 bits per heavy atom. The minimum absolute atomic E-state index is 0.134. The molecule has 0 aromatic carbocycles. The highest BCUT2D eigenvalue weighted by atomic mass is 16.7. The van der Waals surface area contributed by atoms with Crippen LogP contribution in [0.3, 0.4) is 0 Å². The minimum atomic E-state index is -2.70. The molecule has 122 valence electrons. The van der Waals surface area contributed by atoms with Crippen LogP contribution in [0, 0.1) is 0 Å². The smallest absolute Gasteiger partial charge is 0.364 e. The Balaban J connectivity index is 3.07. The van der Waals surface area contributed by atoms with Crippen molar-refractivity contribution in [2.24, 2.45) is 0 Å². The number of carbonyl (C=O) groups is 2. The standard InChI is InChI=1S/C12H21NO8/c1-3-6(15)9(17)10-8(13-5(2)14)7(16)4-12(20,21-10)11(18)19/h6-10,15-17,20H,3-4H2,1-2H3,(H,13,14)(H,18,19)/t6?,7-,8+,9+,10+,12-/m0/s1. The van der Waals surface area contributed by atoms with E-state index in [1.54, 1.807) is 6.92 Å². The van der Waals surface area contributed by atoms with Crippen molar-refractivity contribution in [1.29, 1.82) is 0 Å². The number of aliphatic hydroxyl groups excluding tert-OH is 3. The fourth-order valence-corrected chi connectivity index (χ4v) is 2.27. The molecule has 0 radical (unpaired) electrons. The van der Waals surface area contributed by atoms with Crippen LogP contribution < -0.4 is 5.32 Å². The van der Waals surface area contributed by atoms with E-state index < -0.39 is 54.5 Å². The van der Waals surface area contributed by atoms with Crippen LogP contribution in [0.15, 0.2) is 0 Å². The predicted octanol–water partition coefficient (Wildman–Crippen LogP) is -2.45. The number of hydrogen-bond acceptors (Lipinski definition) is 7. The van der Waals surface area contributed by atoms with E-state index in [2.05, 4.69) is 5.32 Å². The second-order valence-electron chi connectivity index (χ2n) is 5.14. The van der Waals surface area contributed by atoms with Crippen LogP contribution in [0.25, 0.3) is 0 Å². The van der Waals surface area contributed by atoms with Crippen LogP contribution in [0.4, 0.5) is 0 Å². The molecule has 0 aliphatic carbocycles. The maximum atomic E-state index is 11.2. The van der Waals surface area contributed by atoms with Crippen molar-refractivity contribution in [3.8, 4) is 0 Å². The van der Waals surface area contributed by atoms with Crippen LogP contribution in [0.2, 0.25) is 0 Å². The molecular formula is C12H21NO8. The number of hydrogen-bond donors (Lipinski definition) is 6. The summed E-state index contributed by atoms with van der Waals surface area (Å²) in [6.07, 6.45) is -6.35. The number of ether oxygens (including phenoxy) is 1. The van der Waals surface area contributed by atoms with Crippen molar-refractivity contribution < 1.29 is 39.9 Å². The molecule has 0 saturated carbocycles. The summed E-state index contributed by atoms with van der Waals surface area (Å²) in [4.78, 5) is 22.2. The Bertz CT molecular complexity index is 403. The summed E-state index contributed by atoms with van der Waals surface area (Å²) in [5.41, 5.74) is 0. The molecule has 9 heteroatoms. The van der Waals surface area contributed by atoms with E-state index in [-0.39, 0.29) is 6.42 Å². The van der Waals surface area contributed by atoms with Crippen LogP contribution in [0.1, 0.15) is 26.7 Å². The summed E-state index contributed by atoms with van der Waals surface area (Å²) < 4.78 is 4.98. The maximum Gasteiger partial charge on any atom is 0.364 e. The maximum absolute atomic E-state index is 11.2. The van der Waals surface area contributed by atoms with Crippen molar-refractivity contribution in [1.82, 2.24) is 5.32 Å². The van der Waals surface area contributed by atoms with Gasteiger partial charge in [-0.05, 0) is 6.42 Å². The van der Waals surface area contributed by atoms with Gasteiger partial charge in [0.25, 0.3) is 5.79 Å². The third-order valence-electron chi connectivity index (χ3n) is 3.44. The van der Waals surface area contributed by atoms with E-state index >= 15 is 0 Å². The number of carboxylic acids is 1. The fourth-order valence-electron chi connectivity index (χ4n) is 2.27. The number of aliphatic hydroxyl groups is 4. The van der Waals surface area contributed by atoms with Gasteiger partial charge < -0.3 is 35.6 Å². The Labute approximate surface area is 121 Å². The van der Waals surface area contributed by atoms with E-state index in [0.717, 1.165) is 0 Å². The molecule has 21 heavy (non-hydrogen) atoms. The van der Waals surface area contributed by atoms with Crippen molar-refractivity contribution in [2.75, 3.05) is 0 Å². The van der Waals surface area contributed by atoms with Crippen molar-refractivity contribution in [3.05, 3.63) is 0 Å². The second kappa shape index (κ2) is 6.67. The molecule has 0 aromatic heterocycles. The average Bonchev–Trinajstić information content (AvgIpc) is 2.39. The lowest BCUT2D eigenvalue weighted by molar-refractivity contribution is -0.294. The van der Waals surface area contributed by atoms with Gasteiger partial charge in [-0.3, -0.25) is 4.79 Å². The first kappa shape index (κ1) is 17.8. The molecule has 1 rings (SSSR count). The summed E-state index contributed by atoms with van der Waals surface area (Å²) in [6.45, 7) is 2.74. The first-order valence-electron chi connectivity index (χ1n) is 6.57. The fraction of sp³-hybridized carbons (Fsp3) is 0.833. The molecule has 6 atom stereocenters. The van der Waals surface area contributed by atoms with Crippen molar-refractivity contribution >= 4 is 11.9 Å². The zero-order valence-electron chi connectivity index (χ0n) is 11.8. The minimum Gasteiger partial charge on any atom is -0.477 e. The van der Waals surface area contributed by atoms with Crippen LogP contribution in [0.5, 0.6) is 0 Å². The zero-order chi connectivity index (χ0) is 16.4. The lowest BCUT2D eigenvalue weighted by atomic mass is 9.88. The van der Waals surface area contributed by atoms with Gasteiger partial charge in [0.1, 0.15) is 12.2 Å². The predicted molar refractivity (Wildman–Crippen MR) is 68.0 cm³/mol. The van der Waals surface area contributed by atoms with Gasteiger partial charge in [-0.1, -0.05) is 6.92 Å². The average molecular weight is 307 g/mol. The molecule has 1 amide bonds. The topological polar surface area (TPSA) is 157 Å². The molecule has 1 aliphatic heterocycles. The molecule has 6 N–H and O–H groups in total. The second-order valence-corrected chi connectivity index (χ2v) is 5.14. The van der Waals surface area contributed by atoms with Crippen LogP contribution in [-0.2, 0) is 14.3 Å². The van der Waals surface area contributed by atoms with Gasteiger partial charge in [-0.2, -0.15) is 0 Å². The lowest BCUT2D eigenvalue weighted by Gasteiger charge is -2.44. The van der Waals surface area contributed by atoms with E-state index in [1.165, 1.54) is 6.92 Å². The number of carbonyl (C=O) groups excluding carboxylic acids is 1. The lowest BCUT2D eigenvalue weighted by Crippen LogP contribution is -2.67. The molecule has 1 heterocycles. The van der Waals surface area contributed by atoms with Crippen molar-refractivity contribution in [3.63, 3.8) is 0 Å². The van der Waals surface area contributed by atoms with Gasteiger partial charge in [0.2, 0.25) is 5.91 Å². The zero-order valence-corrected chi connectivity index (χ0v) is 11.8. The molecule has 1 saturated heterocycles. The summed E-state index contributed by atoms with van der Waals surface area (Å²) in [7, 11) is 0. The third-order valence-corrected chi connectivity index (χ3v) is 3.44. The number of aliphatic carboxylic acids is 1. The van der Waals surface area contributed by atoms with Gasteiger partial charge in [-0.15, -0.1) is 0 Å². The number of rotatable bonds is 5. The van der Waals surface area contributed by atoms with Crippen LogP contribution in [-0.4, -0.2) is 73.7 Å². The molecule has 0 bridgehead atoms. The Morgan fingerprint density at radius 2 is 2.00 bits per heavy atom. The third kappa shape index (κ3) is 3.89.